The predicted octanol–water partition coefficient (Wildman–Crippen LogP) is 3.58. The van der Waals surface area contributed by atoms with E-state index in [1.54, 1.807) is 6.20 Å². The summed E-state index contributed by atoms with van der Waals surface area (Å²) in [6.45, 7) is 0.630. The molecule has 0 spiro atoms. The van der Waals surface area contributed by atoms with E-state index in [0.29, 0.717) is 18.7 Å². The van der Waals surface area contributed by atoms with E-state index in [9.17, 15) is 9.90 Å². The molecule has 1 aliphatic rings. The van der Waals surface area contributed by atoms with Gasteiger partial charge in [-0.15, -0.1) is 0 Å². The quantitative estimate of drug-likeness (QED) is 0.693. The molecule has 1 unspecified atom stereocenters. The molecule has 0 saturated heterocycles. The van der Waals surface area contributed by atoms with Gasteiger partial charge in [-0.25, -0.2) is 4.68 Å². The van der Waals surface area contributed by atoms with Gasteiger partial charge in [0.2, 0.25) is 0 Å². The van der Waals surface area contributed by atoms with Crippen LogP contribution in [0.4, 0.5) is 5.69 Å². The van der Waals surface area contributed by atoms with Crippen molar-refractivity contribution in [3.05, 3.63) is 92.9 Å². The maximum absolute atomic E-state index is 12.6. The average Bonchev–Trinajstić information content (AvgIpc) is 2.72. The van der Waals surface area contributed by atoms with Crippen LogP contribution < -0.4 is 10.9 Å². The molecule has 28 heavy (non-hydrogen) atoms. The number of aryl methyl sites for hydroxylation is 1. The largest absolute Gasteiger partial charge is 0.383 e. The summed E-state index contributed by atoms with van der Waals surface area (Å²) in [6.07, 6.45) is 4.09. The highest BCUT2D eigenvalue weighted by Crippen LogP contribution is 2.35. The molecule has 1 heterocycles. The van der Waals surface area contributed by atoms with Gasteiger partial charge in [0.15, 0.2) is 0 Å². The second kappa shape index (κ2) is 7.78. The third kappa shape index (κ3) is 3.68. The molecular weight excluding hydrogens is 374 g/mol. The first-order chi connectivity index (χ1) is 13.6. The first kappa shape index (κ1) is 18.7. The molecule has 2 aromatic carbocycles. The monoisotopic (exact) mass is 395 g/mol. The van der Waals surface area contributed by atoms with Crippen LogP contribution in [-0.2, 0) is 18.6 Å². The Morgan fingerprint density at radius 2 is 1.89 bits per heavy atom. The molecule has 0 fully saturated rings. The molecule has 6 heteroatoms. The summed E-state index contributed by atoms with van der Waals surface area (Å²) in [4.78, 5) is 12.6. The summed E-state index contributed by atoms with van der Waals surface area (Å²) >= 11 is 6.31. The third-order valence-corrected chi connectivity index (χ3v) is 5.65. The minimum Gasteiger partial charge on any atom is -0.383 e. The Morgan fingerprint density at radius 3 is 2.71 bits per heavy atom. The Morgan fingerprint density at radius 1 is 1.14 bits per heavy atom. The number of anilines is 1. The van der Waals surface area contributed by atoms with Gasteiger partial charge < -0.3 is 10.4 Å². The maximum Gasteiger partial charge on any atom is 0.287 e. The third-order valence-electron chi connectivity index (χ3n) is 5.29. The summed E-state index contributed by atoms with van der Waals surface area (Å²) in [5.41, 5.74) is 2.17. The number of aromatic nitrogens is 2. The molecule has 0 amide bonds. The standard InChI is InChI=1S/C22H22ClN3O2/c23-20-19(13-25-26(21(20)27)14-16-7-2-1-3-8-16)24-15-22(28)12-6-10-17-9-4-5-11-18(17)22/h1-5,7-9,11,13,24,28H,6,10,12,14-15H2. The molecule has 144 valence electrons. The second-order valence-corrected chi connectivity index (χ2v) is 7.59. The number of nitrogens with zero attached hydrogens (tertiary/aromatic N) is 2. The molecule has 1 atom stereocenters. The number of aliphatic hydroxyl groups is 1. The number of fused-ring (bicyclic) bond motifs is 1. The molecule has 1 aliphatic carbocycles. The van der Waals surface area contributed by atoms with Crippen LogP contribution in [-0.4, -0.2) is 21.4 Å². The van der Waals surface area contributed by atoms with E-state index in [0.717, 1.165) is 24.0 Å². The van der Waals surface area contributed by atoms with Crippen molar-refractivity contribution in [2.45, 2.75) is 31.4 Å². The molecule has 4 rings (SSSR count). The van der Waals surface area contributed by atoms with Crippen LogP contribution in [0.25, 0.3) is 0 Å². The summed E-state index contributed by atoms with van der Waals surface area (Å²) in [5.74, 6) is 0. The van der Waals surface area contributed by atoms with Gasteiger partial charge in [0.05, 0.1) is 18.4 Å². The van der Waals surface area contributed by atoms with Crippen molar-refractivity contribution < 1.29 is 5.11 Å². The van der Waals surface area contributed by atoms with Crippen molar-refractivity contribution in [3.63, 3.8) is 0 Å². The topological polar surface area (TPSA) is 67.2 Å². The summed E-state index contributed by atoms with van der Waals surface area (Å²) in [5, 5.41) is 18.6. The SMILES string of the molecule is O=c1c(Cl)c(NCC2(O)CCCc3ccccc32)cnn1Cc1ccccc1. The van der Waals surface area contributed by atoms with Crippen molar-refractivity contribution in [1.82, 2.24) is 9.78 Å². The Hall–Kier alpha value is -2.63. The van der Waals surface area contributed by atoms with Crippen LogP contribution in [0.2, 0.25) is 5.02 Å². The Balaban J connectivity index is 1.53. The molecule has 0 bridgehead atoms. The lowest BCUT2D eigenvalue weighted by Gasteiger charge is -2.35. The molecule has 0 aliphatic heterocycles. The average molecular weight is 396 g/mol. The minimum absolute atomic E-state index is 0.0821. The van der Waals surface area contributed by atoms with Crippen LogP contribution in [0.3, 0.4) is 0 Å². The van der Waals surface area contributed by atoms with Gasteiger partial charge in [0, 0.05) is 6.54 Å². The van der Waals surface area contributed by atoms with Gasteiger partial charge in [0.25, 0.3) is 5.56 Å². The number of hydrogen-bond acceptors (Lipinski definition) is 4. The number of hydrogen-bond donors (Lipinski definition) is 2. The molecule has 3 aromatic rings. The fourth-order valence-electron chi connectivity index (χ4n) is 3.78. The van der Waals surface area contributed by atoms with Gasteiger partial charge in [-0.3, -0.25) is 4.79 Å². The van der Waals surface area contributed by atoms with Gasteiger partial charge in [0.1, 0.15) is 10.6 Å². The zero-order valence-electron chi connectivity index (χ0n) is 15.4. The summed E-state index contributed by atoms with van der Waals surface area (Å²) < 4.78 is 1.34. The molecule has 0 radical (unpaired) electrons. The molecule has 1 aromatic heterocycles. The highest BCUT2D eigenvalue weighted by Gasteiger charge is 2.34. The van der Waals surface area contributed by atoms with Crippen molar-refractivity contribution in [3.8, 4) is 0 Å². The van der Waals surface area contributed by atoms with E-state index in [1.165, 1.54) is 10.2 Å². The fourth-order valence-corrected chi connectivity index (χ4v) is 3.99. The summed E-state index contributed by atoms with van der Waals surface area (Å²) in [7, 11) is 0. The number of benzene rings is 2. The minimum atomic E-state index is -0.989. The van der Waals surface area contributed by atoms with E-state index < -0.39 is 5.60 Å². The molecule has 5 nitrogen and oxygen atoms in total. The second-order valence-electron chi connectivity index (χ2n) is 7.22. The van der Waals surface area contributed by atoms with Crippen LogP contribution >= 0.6 is 11.6 Å². The number of nitrogens with one attached hydrogen (secondary N) is 1. The van der Waals surface area contributed by atoms with Crippen molar-refractivity contribution in [2.24, 2.45) is 0 Å². The zero-order chi connectivity index (χ0) is 19.6. The van der Waals surface area contributed by atoms with Crippen molar-refractivity contribution >= 4 is 17.3 Å². The van der Waals surface area contributed by atoms with Gasteiger partial charge in [-0.2, -0.15) is 5.10 Å². The van der Waals surface area contributed by atoms with Crippen LogP contribution in [0, 0.1) is 0 Å². The molecular formula is C22H22ClN3O2. The highest BCUT2D eigenvalue weighted by atomic mass is 35.5. The Labute approximate surface area is 168 Å². The highest BCUT2D eigenvalue weighted by molar-refractivity contribution is 6.32. The lowest BCUT2D eigenvalue weighted by atomic mass is 9.79. The van der Waals surface area contributed by atoms with E-state index in [1.807, 2.05) is 48.5 Å². The lowest BCUT2D eigenvalue weighted by molar-refractivity contribution is 0.0323. The smallest absolute Gasteiger partial charge is 0.287 e. The fraction of sp³-hybridized carbons (Fsp3) is 0.273. The van der Waals surface area contributed by atoms with E-state index in [2.05, 4.69) is 16.5 Å². The zero-order valence-corrected chi connectivity index (χ0v) is 16.2. The Kier molecular flexibility index (Phi) is 5.20. The van der Waals surface area contributed by atoms with E-state index >= 15 is 0 Å². The van der Waals surface area contributed by atoms with Crippen LogP contribution in [0.5, 0.6) is 0 Å². The predicted molar refractivity (Wildman–Crippen MR) is 111 cm³/mol. The normalized spacial score (nSPS) is 18.5. The van der Waals surface area contributed by atoms with Crippen LogP contribution in [0.15, 0.2) is 65.6 Å². The number of halogens is 1. The van der Waals surface area contributed by atoms with Crippen molar-refractivity contribution in [2.75, 3.05) is 11.9 Å². The van der Waals surface area contributed by atoms with E-state index in [4.69, 9.17) is 11.6 Å². The molecule has 0 saturated carbocycles. The van der Waals surface area contributed by atoms with E-state index in [-0.39, 0.29) is 17.1 Å². The Bertz CT molecular complexity index is 1040. The van der Waals surface area contributed by atoms with Gasteiger partial charge in [-0.05, 0) is 36.0 Å². The van der Waals surface area contributed by atoms with Crippen molar-refractivity contribution in [1.29, 1.82) is 0 Å². The first-order valence-electron chi connectivity index (χ1n) is 9.41. The van der Waals surface area contributed by atoms with Gasteiger partial charge in [-0.1, -0.05) is 66.2 Å². The molecule has 2 N–H and O–H groups in total. The summed E-state index contributed by atoms with van der Waals surface area (Å²) in [6, 6.07) is 17.6. The first-order valence-corrected chi connectivity index (χ1v) is 9.79. The lowest BCUT2D eigenvalue weighted by Crippen LogP contribution is -2.38. The van der Waals surface area contributed by atoms with Crippen LogP contribution in [0.1, 0.15) is 29.5 Å². The number of rotatable bonds is 5. The van der Waals surface area contributed by atoms with Gasteiger partial charge >= 0.3 is 0 Å². The maximum atomic E-state index is 12.6.